The SMILES string of the molecule is CCCCCOC(=O)CCCCl. The lowest BCUT2D eigenvalue weighted by Crippen LogP contribution is -2.05. The molecule has 0 aliphatic rings. The predicted octanol–water partition coefficient (Wildman–Crippen LogP) is 2.74. The lowest BCUT2D eigenvalue weighted by atomic mass is 10.3. The lowest BCUT2D eigenvalue weighted by molar-refractivity contribution is -0.143. The molecule has 0 bridgehead atoms. The molecule has 0 rings (SSSR count). The fourth-order valence-electron chi connectivity index (χ4n) is 0.821. The Labute approximate surface area is 79.2 Å². The minimum atomic E-state index is -0.119. The third-order valence-corrected chi connectivity index (χ3v) is 1.79. The Balaban J connectivity index is 3.08. The Morgan fingerprint density at radius 2 is 2.08 bits per heavy atom. The van der Waals surface area contributed by atoms with Crippen molar-refractivity contribution in [1.82, 2.24) is 0 Å². The van der Waals surface area contributed by atoms with Crippen LogP contribution in [0.5, 0.6) is 0 Å². The number of carbonyl (C=O) groups excluding carboxylic acids is 1. The highest BCUT2D eigenvalue weighted by atomic mass is 35.5. The quantitative estimate of drug-likeness (QED) is 0.352. The van der Waals surface area contributed by atoms with Crippen molar-refractivity contribution in [3.63, 3.8) is 0 Å². The monoisotopic (exact) mass is 192 g/mol. The van der Waals surface area contributed by atoms with Gasteiger partial charge in [0.15, 0.2) is 0 Å². The zero-order valence-corrected chi connectivity index (χ0v) is 8.40. The fraction of sp³-hybridized carbons (Fsp3) is 0.889. The first-order valence-electron chi connectivity index (χ1n) is 4.52. The average molecular weight is 193 g/mol. The third-order valence-electron chi connectivity index (χ3n) is 1.53. The summed E-state index contributed by atoms with van der Waals surface area (Å²) in [6, 6.07) is 0. The van der Waals surface area contributed by atoms with Crippen LogP contribution in [0.2, 0.25) is 0 Å². The summed E-state index contributed by atoms with van der Waals surface area (Å²) in [6.45, 7) is 2.68. The van der Waals surface area contributed by atoms with Gasteiger partial charge in [-0.1, -0.05) is 19.8 Å². The molecule has 0 aromatic heterocycles. The molecule has 72 valence electrons. The minimum absolute atomic E-state index is 0.119. The smallest absolute Gasteiger partial charge is 0.305 e. The second-order valence-corrected chi connectivity index (χ2v) is 3.10. The average Bonchev–Trinajstić information content (AvgIpc) is 2.09. The van der Waals surface area contributed by atoms with Gasteiger partial charge in [-0.15, -0.1) is 11.6 Å². The molecule has 0 radical (unpaired) electrons. The summed E-state index contributed by atoms with van der Waals surface area (Å²) >= 11 is 5.42. The first-order chi connectivity index (χ1) is 5.81. The van der Waals surface area contributed by atoms with Crippen LogP contribution in [0, 0.1) is 0 Å². The summed E-state index contributed by atoms with van der Waals surface area (Å²) in [4.78, 5) is 10.9. The molecule has 0 unspecified atom stereocenters. The number of ether oxygens (including phenoxy) is 1. The number of rotatable bonds is 7. The van der Waals surface area contributed by atoms with E-state index >= 15 is 0 Å². The third kappa shape index (κ3) is 7.86. The fourth-order valence-corrected chi connectivity index (χ4v) is 0.955. The lowest BCUT2D eigenvalue weighted by Gasteiger charge is -2.02. The van der Waals surface area contributed by atoms with Crippen molar-refractivity contribution < 1.29 is 9.53 Å². The van der Waals surface area contributed by atoms with Gasteiger partial charge in [-0.25, -0.2) is 0 Å². The van der Waals surface area contributed by atoms with Gasteiger partial charge in [-0.2, -0.15) is 0 Å². The first kappa shape index (κ1) is 11.8. The number of esters is 1. The van der Waals surface area contributed by atoms with Gasteiger partial charge in [0.25, 0.3) is 0 Å². The normalized spacial score (nSPS) is 9.83. The van der Waals surface area contributed by atoms with Crippen molar-refractivity contribution >= 4 is 17.6 Å². The summed E-state index contributed by atoms with van der Waals surface area (Å²) in [5.74, 6) is 0.413. The molecular weight excluding hydrogens is 176 g/mol. The van der Waals surface area contributed by atoms with Crippen molar-refractivity contribution in [3.05, 3.63) is 0 Å². The number of unbranched alkanes of at least 4 members (excludes halogenated alkanes) is 2. The van der Waals surface area contributed by atoms with Crippen LogP contribution in [0.15, 0.2) is 0 Å². The van der Waals surface area contributed by atoms with Gasteiger partial charge in [0.05, 0.1) is 6.61 Å². The molecule has 0 amide bonds. The van der Waals surface area contributed by atoms with E-state index < -0.39 is 0 Å². The topological polar surface area (TPSA) is 26.3 Å². The Kier molecular flexibility index (Phi) is 8.68. The number of carbonyl (C=O) groups is 1. The van der Waals surface area contributed by atoms with E-state index in [-0.39, 0.29) is 5.97 Å². The van der Waals surface area contributed by atoms with E-state index in [1.807, 2.05) is 0 Å². The summed E-state index contributed by atoms with van der Waals surface area (Å²) in [5, 5.41) is 0. The summed E-state index contributed by atoms with van der Waals surface area (Å²) in [7, 11) is 0. The molecule has 3 heteroatoms. The Bertz CT molecular complexity index is 115. The van der Waals surface area contributed by atoms with Crippen LogP contribution >= 0.6 is 11.6 Å². The van der Waals surface area contributed by atoms with Gasteiger partial charge in [-0.05, 0) is 12.8 Å². The molecule has 0 aromatic rings. The first-order valence-corrected chi connectivity index (χ1v) is 5.06. The van der Waals surface area contributed by atoms with E-state index in [0.29, 0.717) is 25.3 Å². The maximum Gasteiger partial charge on any atom is 0.305 e. The van der Waals surface area contributed by atoms with Crippen LogP contribution in [0.4, 0.5) is 0 Å². The van der Waals surface area contributed by atoms with Gasteiger partial charge in [0.2, 0.25) is 0 Å². The van der Waals surface area contributed by atoms with Crippen molar-refractivity contribution in [2.75, 3.05) is 12.5 Å². The number of hydrogen-bond acceptors (Lipinski definition) is 2. The van der Waals surface area contributed by atoms with Crippen LogP contribution in [0.1, 0.15) is 39.0 Å². The van der Waals surface area contributed by atoms with E-state index in [4.69, 9.17) is 16.3 Å². The van der Waals surface area contributed by atoms with E-state index in [2.05, 4.69) is 6.92 Å². The Morgan fingerprint density at radius 3 is 2.67 bits per heavy atom. The largest absolute Gasteiger partial charge is 0.466 e. The van der Waals surface area contributed by atoms with Gasteiger partial charge in [0.1, 0.15) is 0 Å². The van der Waals surface area contributed by atoms with Crippen LogP contribution in [-0.2, 0) is 9.53 Å². The summed E-state index contributed by atoms with van der Waals surface area (Å²) in [6.07, 6.45) is 4.43. The van der Waals surface area contributed by atoms with Crippen LogP contribution in [-0.4, -0.2) is 18.5 Å². The molecule has 12 heavy (non-hydrogen) atoms. The maximum absolute atomic E-state index is 10.9. The van der Waals surface area contributed by atoms with Gasteiger partial charge in [-0.3, -0.25) is 4.79 Å². The molecule has 0 aliphatic heterocycles. The summed E-state index contributed by atoms with van der Waals surface area (Å²) in [5.41, 5.74) is 0. The minimum Gasteiger partial charge on any atom is -0.466 e. The van der Waals surface area contributed by atoms with Crippen LogP contribution < -0.4 is 0 Å². The zero-order valence-electron chi connectivity index (χ0n) is 7.64. The highest BCUT2D eigenvalue weighted by Gasteiger charge is 2.00. The molecule has 2 nitrogen and oxygen atoms in total. The standard InChI is InChI=1S/C9H17ClO2/c1-2-3-4-8-12-9(11)6-5-7-10/h2-8H2,1H3. The number of hydrogen-bond donors (Lipinski definition) is 0. The van der Waals surface area contributed by atoms with Gasteiger partial charge < -0.3 is 4.74 Å². The molecular formula is C9H17ClO2. The predicted molar refractivity (Wildman–Crippen MR) is 50.4 cm³/mol. The second kappa shape index (κ2) is 8.85. The van der Waals surface area contributed by atoms with Crippen molar-refractivity contribution in [2.24, 2.45) is 0 Å². The molecule has 0 fully saturated rings. The second-order valence-electron chi connectivity index (χ2n) is 2.72. The molecule has 0 heterocycles. The molecule has 0 atom stereocenters. The highest BCUT2D eigenvalue weighted by molar-refractivity contribution is 6.17. The van der Waals surface area contributed by atoms with E-state index in [1.54, 1.807) is 0 Å². The molecule has 0 aromatic carbocycles. The van der Waals surface area contributed by atoms with E-state index in [1.165, 1.54) is 0 Å². The van der Waals surface area contributed by atoms with Crippen LogP contribution in [0.25, 0.3) is 0 Å². The molecule has 0 spiro atoms. The van der Waals surface area contributed by atoms with E-state index in [9.17, 15) is 4.79 Å². The van der Waals surface area contributed by atoms with Crippen molar-refractivity contribution in [1.29, 1.82) is 0 Å². The molecule has 0 N–H and O–H groups in total. The zero-order chi connectivity index (χ0) is 9.23. The van der Waals surface area contributed by atoms with Gasteiger partial charge >= 0.3 is 5.97 Å². The number of alkyl halides is 1. The molecule has 0 saturated heterocycles. The number of halogens is 1. The molecule has 0 saturated carbocycles. The summed E-state index contributed by atoms with van der Waals surface area (Å²) < 4.78 is 4.95. The van der Waals surface area contributed by atoms with Crippen LogP contribution in [0.3, 0.4) is 0 Å². The van der Waals surface area contributed by atoms with Crippen molar-refractivity contribution in [3.8, 4) is 0 Å². The van der Waals surface area contributed by atoms with Crippen molar-refractivity contribution in [2.45, 2.75) is 39.0 Å². The Morgan fingerprint density at radius 1 is 1.33 bits per heavy atom. The Hall–Kier alpha value is -0.240. The highest BCUT2D eigenvalue weighted by Crippen LogP contribution is 1.98. The van der Waals surface area contributed by atoms with Gasteiger partial charge in [0, 0.05) is 12.3 Å². The molecule has 0 aliphatic carbocycles. The maximum atomic E-state index is 10.9. The van der Waals surface area contributed by atoms with E-state index in [0.717, 1.165) is 19.3 Å².